The van der Waals surface area contributed by atoms with E-state index in [-0.39, 0.29) is 6.61 Å². The van der Waals surface area contributed by atoms with Crippen molar-refractivity contribution in [3.63, 3.8) is 0 Å². The number of hydrogen-bond donors (Lipinski definition) is 3. The third-order valence-corrected chi connectivity index (χ3v) is 4.53. The Labute approximate surface area is 120 Å². The van der Waals surface area contributed by atoms with Crippen molar-refractivity contribution in [3.8, 4) is 5.75 Å². The van der Waals surface area contributed by atoms with E-state index in [4.69, 9.17) is 14.6 Å². The van der Waals surface area contributed by atoms with Gasteiger partial charge in [-0.25, -0.2) is 0 Å². The highest BCUT2D eigenvalue weighted by molar-refractivity contribution is 7.17. The van der Waals surface area contributed by atoms with E-state index in [0.717, 1.165) is 10.1 Å². The minimum Gasteiger partial charge on any atom is -0.496 e. The molecule has 1 aliphatic rings. The molecule has 4 atom stereocenters. The highest BCUT2D eigenvalue weighted by Gasteiger charge is 2.44. The summed E-state index contributed by atoms with van der Waals surface area (Å²) in [6.45, 7) is -0.335. The van der Waals surface area contributed by atoms with Gasteiger partial charge in [-0.3, -0.25) is 0 Å². The molecule has 0 amide bonds. The number of thiophene rings is 1. The zero-order chi connectivity index (χ0) is 14.3. The van der Waals surface area contributed by atoms with Crippen LogP contribution in [0.3, 0.4) is 0 Å². The second-order valence-electron chi connectivity index (χ2n) is 4.81. The van der Waals surface area contributed by atoms with Gasteiger partial charge in [-0.2, -0.15) is 0 Å². The smallest absolute Gasteiger partial charge is 0.125 e. The van der Waals surface area contributed by atoms with Crippen molar-refractivity contribution >= 4 is 21.4 Å². The first-order valence-electron chi connectivity index (χ1n) is 6.33. The van der Waals surface area contributed by atoms with Gasteiger partial charge in [0, 0.05) is 10.3 Å². The Hall–Kier alpha value is -1.18. The van der Waals surface area contributed by atoms with Gasteiger partial charge in [0.05, 0.1) is 13.7 Å². The average molecular weight is 296 g/mol. The lowest BCUT2D eigenvalue weighted by Crippen LogP contribution is -2.32. The fourth-order valence-electron chi connectivity index (χ4n) is 2.56. The van der Waals surface area contributed by atoms with Gasteiger partial charge in [-0.15, -0.1) is 11.3 Å². The molecule has 2 aromatic rings. The van der Waals surface area contributed by atoms with Crippen molar-refractivity contribution in [2.24, 2.45) is 0 Å². The molecule has 1 aromatic heterocycles. The van der Waals surface area contributed by atoms with Crippen molar-refractivity contribution in [1.29, 1.82) is 0 Å². The predicted octanol–water partition coefficient (Wildman–Crippen LogP) is 1.06. The molecule has 1 fully saturated rings. The van der Waals surface area contributed by atoms with Crippen molar-refractivity contribution in [3.05, 3.63) is 29.1 Å². The third-order valence-electron chi connectivity index (χ3n) is 3.65. The number of rotatable bonds is 3. The highest BCUT2D eigenvalue weighted by atomic mass is 32.1. The minimum atomic E-state index is -1.10. The molecule has 1 saturated heterocycles. The normalized spacial score (nSPS) is 30.0. The first-order chi connectivity index (χ1) is 9.65. The Morgan fingerprint density at radius 3 is 2.75 bits per heavy atom. The Morgan fingerprint density at radius 2 is 2.10 bits per heavy atom. The fraction of sp³-hybridized carbons (Fsp3) is 0.429. The quantitative estimate of drug-likeness (QED) is 0.789. The van der Waals surface area contributed by atoms with Gasteiger partial charge in [0.25, 0.3) is 0 Å². The second kappa shape index (κ2) is 5.31. The Kier molecular flexibility index (Phi) is 3.66. The van der Waals surface area contributed by atoms with E-state index in [1.165, 1.54) is 0 Å². The Balaban J connectivity index is 2.04. The Morgan fingerprint density at radius 1 is 1.30 bits per heavy atom. The summed E-state index contributed by atoms with van der Waals surface area (Å²) in [7, 11) is 1.55. The topological polar surface area (TPSA) is 79.2 Å². The van der Waals surface area contributed by atoms with Gasteiger partial charge >= 0.3 is 0 Å². The molecule has 0 radical (unpaired) electrons. The number of benzene rings is 1. The summed E-state index contributed by atoms with van der Waals surface area (Å²) in [5, 5.41) is 32.2. The van der Waals surface area contributed by atoms with E-state index in [9.17, 15) is 10.2 Å². The van der Waals surface area contributed by atoms with Crippen LogP contribution in [0.25, 0.3) is 10.1 Å². The van der Waals surface area contributed by atoms with Gasteiger partial charge < -0.3 is 24.8 Å². The van der Waals surface area contributed by atoms with Crippen LogP contribution in [0.1, 0.15) is 11.7 Å². The number of aliphatic hydroxyl groups excluding tert-OH is 3. The van der Waals surface area contributed by atoms with Crippen molar-refractivity contribution in [2.45, 2.75) is 24.4 Å². The predicted molar refractivity (Wildman–Crippen MR) is 75.1 cm³/mol. The molecule has 0 aliphatic carbocycles. The van der Waals surface area contributed by atoms with Gasteiger partial charge in [0.2, 0.25) is 0 Å². The van der Waals surface area contributed by atoms with Crippen LogP contribution in [0.15, 0.2) is 23.6 Å². The summed E-state index contributed by atoms with van der Waals surface area (Å²) in [6, 6.07) is 5.78. The van der Waals surface area contributed by atoms with Crippen LogP contribution < -0.4 is 4.74 Å². The zero-order valence-electron chi connectivity index (χ0n) is 10.9. The maximum Gasteiger partial charge on any atom is 0.125 e. The van der Waals surface area contributed by atoms with E-state index < -0.39 is 24.4 Å². The molecule has 0 saturated carbocycles. The lowest BCUT2D eigenvalue weighted by molar-refractivity contribution is -0.0232. The van der Waals surface area contributed by atoms with Crippen molar-refractivity contribution in [1.82, 2.24) is 0 Å². The number of aliphatic hydroxyl groups is 3. The molecular weight excluding hydrogens is 280 g/mol. The van der Waals surface area contributed by atoms with Crippen LogP contribution >= 0.6 is 11.3 Å². The van der Waals surface area contributed by atoms with E-state index >= 15 is 0 Å². The van der Waals surface area contributed by atoms with E-state index in [1.54, 1.807) is 18.4 Å². The summed E-state index contributed by atoms with van der Waals surface area (Å²) in [5.41, 5.74) is 0.685. The molecule has 20 heavy (non-hydrogen) atoms. The summed E-state index contributed by atoms with van der Waals surface area (Å²) in [6.07, 6.45) is -3.67. The van der Waals surface area contributed by atoms with Crippen LogP contribution in [0, 0.1) is 0 Å². The summed E-state index contributed by atoms with van der Waals surface area (Å²) in [5.74, 6) is 0.603. The summed E-state index contributed by atoms with van der Waals surface area (Å²) < 4.78 is 12.0. The largest absolute Gasteiger partial charge is 0.496 e. The lowest BCUT2D eigenvalue weighted by atomic mass is 10.00. The maximum atomic E-state index is 10.1. The molecule has 0 spiro atoms. The molecule has 5 nitrogen and oxygen atoms in total. The van der Waals surface area contributed by atoms with Gasteiger partial charge in [-0.05, 0) is 29.0 Å². The van der Waals surface area contributed by atoms with Crippen LogP contribution in [0.5, 0.6) is 5.75 Å². The lowest BCUT2D eigenvalue weighted by Gasteiger charge is -2.18. The minimum absolute atomic E-state index is 0.335. The molecule has 0 bridgehead atoms. The van der Waals surface area contributed by atoms with Crippen LogP contribution in [-0.4, -0.2) is 47.3 Å². The molecule has 6 heteroatoms. The number of hydrogen-bond acceptors (Lipinski definition) is 6. The van der Waals surface area contributed by atoms with E-state index in [0.29, 0.717) is 11.3 Å². The van der Waals surface area contributed by atoms with Crippen LogP contribution in [0.4, 0.5) is 0 Å². The standard InChI is InChI=1S/C14H16O5S/c1-18-9-4-7-2-3-20-11(7)5-8(9)14-13(17)12(16)10(6-15)19-14/h2-5,10,12-17H,6H2,1H3/t10-,12+,13?,14+/m1/s1. The molecule has 1 aromatic carbocycles. The number of fused-ring (bicyclic) bond motifs is 1. The molecular formula is C14H16O5S. The monoisotopic (exact) mass is 296 g/mol. The van der Waals surface area contributed by atoms with E-state index in [1.807, 2.05) is 23.6 Å². The second-order valence-corrected chi connectivity index (χ2v) is 5.76. The average Bonchev–Trinajstić information content (AvgIpc) is 3.03. The number of ether oxygens (including phenoxy) is 2. The molecule has 108 valence electrons. The highest BCUT2D eigenvalue weighted by Crippen LogP contribution is 2.40. The van der Waals surface area contributed by atoms with E-state index in [2.05, 4.69) is 0 Å². The molecule has 1 unspecified atom stereocenters. The zero-order valence-corrected chi connectivity index (χ0v) is 11.7. The Bertz CT molecular complexity index is 611. The fourth-order valence-corrected chi connectivity index (χ4v) is 3.38. The van der Waals surface area contributed by atoms with Gasteiger partial charge in [0.15, 0.2) is 0 Å². The molecule has 3 N–H and O–H groups in total. The first kappa shape index (κ1) is 13.8. The SMILES string of the molecule is COc1cc2ccsc2cc1[C@@H]1O[C@H](CO)[C@H](O)C1O. The maximum absolute atomic E-state index is 10.1. The van der Waals surface area contributed by atoms with Crippen molar-refractivity contribution < 1.29 is 24.8 Å². The third kappa shape index (κ3) is 2.10. The van der Waals surface area contributed by atoms with Crippen LogP contribution in [0.2, 0.25) is 0 Å². The van der Waals surface area contributed by atoms with Gasteiger partial charge in [0.1, 0.15) is 30.2 Å². The van der Waals surface area contributed by atoms with Gasteiger partial charge in [-0.1, -0.05) is 0 Å². The summed E-state index contributed by atoms with van der Waals surface area (Å²) in [4.78, 5) is 0. The molecule has 2 heterocycles. The number of methoxy groups -OCH3 is 1. The van der Waals surface area contributed by atoms with Crippen LogP contribution in [-0.2, 0) is 4.74 Å². The molecule has 3 rings (SSSR count). The molecule has 1 aliphatic heterocycles. The summed E-state index contributed by atoms with van der Waals surface area (Å²) >= 11 is 1.58. The first-order valence-corrected chi connectivity index (χ1v) is 7.21. The van der Waals surface area contributed by atoms with Crippen molar-refractivity contribution in [2.75, 3.05) is 13.7 Å².